The molecule has 0 aromatic heterocycles. The summed E-state index contributed by atoms with van der Waals surface area (Å²) in [6.45, 7) is 1.64. The van der Waals surface area contributed by atoms with Gasteiger partial charge in [0.15, 0.2) is 0 Å². The van der Waals surface area contributed by atoms with Crippen molar-refractivity contribution in [1.82, 2.24) is 0 Å². The average molecular weight is 414 g/mol. The molecule has 5 nitrogen and oxygen atoms in total. The molecule has 1 fully saturated rings. The number of alkyl halides is 3. The van der Waals surface area contributed by atoms with E-state index in [0.717, 1.165) is 49.8 Å². The minimum absolute atomic E-state index is 0.160. The van der Waals surface area contributed by atoms with E-state index in [-0.39, 0.29) is 11.8 Å². The summed E-state index contributed by atoms with van der Waals surface area (Å²) in [6.07, 6.45) is -2.45. The normalized spacial score (nSPS) is 18.1. The maximum Gasteiger partial charge on any atom is 0.416 e. The molecule has 0 amide bonds. The van der Waals surface area contributed by atoms with Gasteiger partial charge in [0.05, 0.1) is 16.6 Å². The van der Waals surface area contributed by atoms with Crippen LogP contribution in [-0.2, 0) is 20.9 Å². The van der Waals surface area contributed by atoms with Gasteiger partial charge in [-0.2, -0.15) is 13.2 Å². The summed E-state index contributed by atoms with van der Waals surface area (Å²) < 4.78 is 71.1. The van der Waals surface area contributed by atoms with Gasteiger partial charge in [0.2, 0.25) is 0 Å². The highest BCUT2D eigenvalue weighted by molar-refractivity contribution is 7.92. The molecule has 28 heavy (non-hydrogen) atoms. The van der Waals surface area contributed by atoms with Gasteiger partial charge in [-0.05, 0) is 55.3 Å². The van der Waals surface area contributed by atoms with Crippen molar-refractivity contribution in [3.05, 3.63) is 54.1 Å². The number of hydrogen-bond acceptors (Lipinski definition) is 4. The molecule has 152 valence electrons. The molecule has 1 aliphatic heterocycles. The second kappa shape index (κ2) is 8.00. The molecule has 1 saturated heterocycles. The lowest BCUT2D eigenvalue weighted by Crippen LogP contribution is -2.39. The summed E-state index contributed by atoms with van der Waals surface area (Å²) in [5, 5.41) is 0. The minimum Gasteiger partial charge on any atom is -0.380 e. The number of halogens is 3. The quantitative estimate of drug-likeness (QED) is 0.800. The SMILES string of the molecule is COC1CCCN(c2ccc(NS(=O)(=O)c3cccc(C(F)(F)F)c3)cc2)C1. The van der Waals surface area contributed by atoms with Gasteiger partial charge in [-0.1, -0.05) is 6.07 Å². The van der Waals surface area contributed by atoms with Gasteiger partial charge in [0.25, 0.3) is 10.0 Å². The van der Waals surface area contributed by atoms with Crippen LogP contribution in [0.4, 0.5) is 24.5 Å². The van der Waals surface area contributed by atoms with E-state index in [2.05, 4.69) is 9.62 Å². The highest BCUT2D eigenvalue weighted by Crippen LogP contribution is 2.31. The third-order valence-corrected chi connectivity index (χ3v) is 6.05. The van der Waals surface area contributed by atoms with Crippen LogP contribution in [0, 0.1) is 0 Å². The van der Waals surface area contributed by atoms with Gasteiger partial charge in [0.1, 0.15) is 0 Å². The summed E-state index contributed by atoms with van der Waals surface area (Å²) in [4.78, 5) is 1.72. The largest absolute Gasteiger partial charge is 0.416 e. The summed E-state index contributed by atoms with van der Waals surface area (Å²) in [6, 6.07) is 10.4. The van der Waals surface area contributed by atoms with E-state index in [4.69, 9.17) is 4.74 Å². The topological polar surface area (TPSA) is 58.6 Å². The Morgan fingerprint density at radius 1 is 1.14 bits per heavy atom. The number of nitrogens with one attached hydrogen (secondary N) is 1. The number of benzene rings is 2. The van der Waals surface area contributed by atoms with Gasteiger partial charge in [0, 0.05) is 31.6 Å². The molecule has 0 bridgehead atoms. The van der Waals surface area contributed by atoms with E-state index in [1.54, 1.807) is 31.4 Å². The Hall–Kier alpha value is -2.26. The van der Waals surface area contributed by atoms with Crippen molar-refractivity contribution in [3.8, 4) is 0 Å². The molecule has 1 unspecified atom stereocenters. The second-order valence-electron chi connectivity index (χ2n) is 6.62. The minimum atomic E-state index is -4.61. The third-order valence-electron chi connectivity index (χ3n) is 4.67. The maximum absolute atomic E-state index is 12.8. The lowest BCUT2D eigenvalue weighted by Gasteiger charge is -2.33. The van der Waals surface area contributed by atoms with Crippen LogP contribution in [0.25, 0.3) is 0 Å². The fraction of sp³-hybridized carbons (Fsp3) is 0.368. The summed E-state index contributed by atoms with van der Waals surface area (Å²) >= 11 is 0. The lowest BCUT2D eigenvalue weighted by atomic mass is 10.1. The van der Waals surface area contributed by atoms with E-state index < -0.39 is 26.7 Å². The molecule has 9 heteroatoms. The molecule has 2 aromatic rings. The molecule has 0 saturated carbocycles. The van der Waals surface area contributed by atoms with E-state index in [1.807, 2.05) is 0 Å². The first-order chi connectivity index (χ1) is 13.2. The number of hydrogen-bond donors (Lipinski definition) is 1. The molecule has 0 radical (unpaired) electrons. The van der Waals surface area contributed by atoms with Crippen molar-refractivity contribution in [2.45, 2.75) is 30.0 Å². The summed E-state index contributed by atoms with van der Waals surface area (Å²) in [7, 11) is -2.45. The van der Waals surface area contributed by atoms with E-state index in [1.165, 1.54) is 0 Å². The zero-order chi connectivity index (χ0) is 20.4. The number of piperidine rings is 1. The number of anilines is 2. The number of ether oxygens (including phenoxy) is 1. The van der Waals surface area contributed by atoms with Gasteiger partial charge >= 0.3 is 6.18 Å². The van der Waals surface area contributed by atoms with Crippen LogP contribution in [0.1, 0.15) is 18.4 Å². The van der Waals surface area contributed by atoms with Gasteiger partial charge in [-0.3, -0.25) is 4.72 Å². The van der Waals surface area contributed by atoms with Crippen molar-refractivity contribution in [2.75, 3.05) is 29.8 Å². The van der Waals surface area contributed by atoms with Gasteiger partial charge < -0.3 is 9.64 Å². The van der Waals surface area contributed by atoms with E-state index >= 15 is 0 Å². The van der Waals surface area contributed by atoms with Crippen LogP contribution in [-0.4, -0.2) is 34.7 Å². The van der Waals surface area contributed by atoms with Crippen LogP contribution < -0.4 is 9.62 Å². The van der Waals surface area contributed by atoms with Crippen molar-refractivity contribution in [2.24, 2.45) is 0 Å². The Morgan fingerprint density at radius 3 is 2.50 bits per heavy atom. The fourth-order valence-corrected chi connectivity index (χ4v) is 4.26. The predicted molar refractivity (Wildman–Crippen MR) is 101 cm³/mol. The number of nitrogens with zero attached hydrogens (tertiary/aromatic N) is 1. The Kier molecular flexibility index (Phi) is 5.85. The molecule has 2 aromatic carbocycles. The first-order valence-corrected chi connectivity index (χ1v) is 10.3. The summed E-state index contributed by atoms with van der Waals surface area (Å²) in [5.41, 5.74) is 0.203. The molecule has 0 spiro atoms. The van der Waals surface area contributed by atoms with Crippen molar-refractivity contribution < 1.29 is 26.3 Å². The van der Waals surface area contributed by atoms with E-state index in [0.29, 0.717) is 6.07 Å². The Morgan fingerprint density at radius 2 is 1.86 bits per heavy atom. The lowest BCUT2D eigenvalue weighted by molar-refractivity contribution is -0.137. The van der Waals surface area contributed by atoms with Crippen molar-refractivity contribution in [3.63, 3.8) is 0 Å². The molecular weight excluding hydrogens is 393 g/mol. The van der Waals surface area contributed by atoms with Crippen LogP contribution in [0.5, 0.6) is 0 Å². The third kappa shape index (κ3) is 4.77. The molecule has 0 aliphatic carbocycles. The van der Waals surface area contributed by atoms with Crippen molar-refractivity contribution >= 4 is 21.4 Å². The standard InChI is InChI=1S/C19H21F3N2O3S/c1-27-17-5-3-11-24(13-17)16-9-7-15(8-10-16)23-28(25,26)18-6-2-4-14(12-18)19(20,21)22/h2,4,6-10,12,17,23H,3,5,11,13H2,1H3. The molecule has 1 atom stereocenters. The molecule has 1 aliphatic rings. The summed E-state index contributed by atoms with van der Waals surface area (Å²) in [5.74, 6) is 0. The molecular formula is C19H21F3N2O3S. The van der Waals surface area contributed by atoms with Crippen LogP contribution in [0.2, 0.25) is 0 Å². The van der Waals surface area contributed by atoms with Crippen LogP contribution in [0.15, 0.2) is 53.4 Å². The maximum atomic E-state index is 12.8. The highest BCUT2D eigenvalue weighted by Gasteiger charge is 2.31. The van der Waals surface area contributed by atoms with Crippen LogP contribution >= 0.6 is 0 Å². The fourth-order valence-electron chi connectivity index (χ4n) is 3.16. The monoisotopic (exact) mass is 414 g/mol. The van der Waals surface area contributed by atoms with E-state index in [9.17, 15) is 21.6 Å². The highest BCUT2D eigenvalue weighted by atomic mass is 32.2. The Bertz CT molecular complexity index is 915. The van der Waals surface area contributed by atoms with Crippen LogP contribution in [0.3, 0.4) is 0 Å². The number of sulfonamides is 1. The molecule has 1 heterocycles. The van der Waals surface area contributed by atoms with Gasteiger partial charge in [-0.25, -0.2) is 8.42 Å². The first kappa shape index (κ1) is 20.5. The average Bonchev–Trinajstić information content (AvgIpc) is 2.68. The molecule has 3 rings (SSSR count). The Labute approximate surface area is 162 Å². The smallest absolute Gasteiger partial charge is 0.380 e. The Balaban J connectivity index is 1.74. The van der Waals surface area contributed by atoms with Crippen molar-refractivity contribution in [1.29, 1.82) is 0 Å². The molecule has 1 N–H and O–H groups in total. The first-order valence-electron chi connectivity index (χ1n) is 8.77. The predicted octanol–water partition coefficient (Wildman–Crippen LogP) is 4.12. The van der Waals surface area contributed by atoms with Gasteiger partial charge in [-0.15, -0.1) is 0 Å². The zero-order valence-corrected chi connectivity index (χ0v) is 16.1. The number of rotatable bonds is 5. The second-order valence-corrected chi connectivity index (χ2v) is 8.31. The number of methoxy groups -OCH3 is 1. The zero-order valence-electron chi connectivity index (χ0n) is 15.2.